The van der Waals surface area contributed by atoms with E-state index >= 15 is 0 Å². The van der Waals surface area contributed by atoms with Gasteiger partial charge in [-0.3, -0.25) is 0 Å². The molecule has 0 unspecified atom stereocenters. The quantitative estimate of drug-likeness (QED) is 0.242. The summed E-state index contributed by atoms with van der Waals surface area (Å²) in [6, 6.07) is 33.1. The third kappa shape index (κ3) is 3.05. The van der Waals surface area contributed by atoms with E-state index in [9.17, 15) is 9.65 Å². The molecule has 1 aromatic heterocycles. The van der Waals surface area contributed by atoms with Gasteiger partial charge in [-0.15, -0.1) is 0 Å². The van der Waals surface area contributed by atoms with E-state index in [-0.39, 0.29) is 5.82 Å². The van der Waals surface area contributed by atoms with E-state index < -0.39 is 0 Å². The molecule has 0 aliphatic heterocycles. The maximum Gasteiger partial charge on any atom is 0.123 e. The lowest BCUT2D eigenvalue weighted by Gasteiger charge is -2.08. The Hall–Kier alpha value is -4.16. The molecular weight excluding hydrogens is 371 g/mol. The zero-order valence-electron chi connectivity index (χ0n) is 16.1. The van der Waals surface area contributed by atoms with Crippen LogP contribution in [0.25, 0.3) is 39.1 Å². The summed E-state index contributed by atoms with van der Waals surface area (Å²) in [7, 11) is 0. The van der Waals surface area contributed by atoms with Crippen molar-refractivity contribution in [2.75, 3.05) is 0 Å². The van der Waals surface area contributed by atoms with Crippen LogP contribution in [0.1, 0.15) is 11.1 Å². The minimum atomic E-state index is -0.313. The van der Waals surface area contributed by atoms with Crippen LogP contribution in [0.2, 0.25) is 0 Å². The standard InChI is InChI=1S/C27H17FN2/c28-22-13-11-20(12-14-22)21(18-29)17-19-9-15-23(16-10-19)30-26-7-3-1-5-24(26)25-6-2-4-8-27(25)30/h1-17H/b21-17+. The highest BCUT2D eigenvalue weighted by Gasteiger charge is 2.11. The molecule has 0 amide bonds. The van der Waals surface area contributed by atoms with Gasteiger partial charge < -0.3 is 4.57 Å². The number of hydrogen-bond donors (Lipinski definition) is 0. The second-order valence-corrected chi connectivity index (χ2v) is 7.14. The van der Waals surface area contributed by atoms with Gasteiger partial charge in [-0.1, -0.05) is 60.7 Å². The van der Waals surface area contributed by atoms with Gasteiger partial charge in [0.1, 0.15) is 5.82 Å². The summed E-state index contributed by atoms with van der Waals surface area (Å²) in [5, 5.41) is 12.0. The van der Waals surface area contributed by atoms with Gasteiger partial charge in [-0.25, -0.2) is 4.39 Å². The molecule has 0 aliphatic rings. The predicted octanol–water partition coefficient (Wildman–Crippen LogP) is 6.99. The molecule has 3 heteroatoms. The second kappa shape index (κ2) is 7.35. The van der Waals surface area contributed by atoms with Crippen LogP contribution in [-0.2, 0) is 0 Å². The van der Waals surface area contributed by atoms with E-state index in [0.29, 0.717) is 11.1 Å². The first kappa shape index (κ1) is 17.9. The number of hydrogen-bond acceptors (Lipinski definition) is 1. The fourth-order valence-electron chi connectivity index (χ4n) is 3.90. The Bertz CT molecular complexity index is 1380. The van der Waals surface area contributed by atoms with Crippen LogP contribution < -0.4 is 0 Å². The molecule has 5 aromatic rings. The predicted molar refractivity (Wildman–Crippen MR) is 121 cm³/mol. The summed E-state index contributed by atoms with van der Waals surface area (Å²) in [6.07, 6.45) is 1.82. The number of nitriles is 1. The minimum Gasteiger partial charge on any atom is -0.309 e. The molecule has 0 atom stereocenters. The summed E-state index contributed by atoms with van der Waals surface area (Å²) in [5.74, 6) is -0.313. The molecule has 2 nitrogen and oxygen atoms in total. The van der Waals surface area contributed by atoms with Crippen molar-refractivity contribution in [1.82, 2.24) is 4.57 Å². The monoisotopic (exact) mass is 388 g/mol. The summed E-state index contributed by atoms with van der Waals surface area (Å²) in [4.78, 5) is 0. The maximum absolute atomic E-state index is 13.2. The van der Waals surface area contributed by atoms with Gasteiger partial charge in [-0.2, -0.15) is 5.26 Å². The highest BCUT2D eigenvalue weighted by Crippen LogP contribution is 2.31. The van der Waals surface area contributed by atoms with Crippen LogP contribution in [0.15, 0.2) is 97.1 Å². The van der Waals surface area contributed by atoms with Gasteiger partial charge in [0.15, 0.2) is 0 Å². The molecule has 0 saturated heterocycles. The number of fused-ring (bicyclic) bond motifs is 3. The van der Waals surface area contributed by atoms with Gasteiger partial charge in [0.05, 0.1) is 22.7 Å². The smallest absolute Gasteiger partial charge is 0.123 e. The Morgan fingerprint density at radius 2 is 1.30 bits per heavy atom. The zero-order valence-corrected chi connectivity index (χ0v) is 16.1. The molecule has 5 rings (SSSR count). The van der Waals surface area contributed by atoms with Crippen molar-refractivity contribution >= 4 is 33.5 Å². The van der Waals surface area contributed by atoms with Gasteiger partial charge in [0.25, 0.3) is 0 Å². The molecule has 30 heavy (non-hydrogen) atoms. The molecule has 0 saturated carbocycles. The molecule has 142 valence electrons. The topological polar surface area (TPSA) is 28.7 Å². The van der Waals surface area contributed by atoms with E-state index in [1.54, 1.807) is 12.1 Å². The maximum atomic E-state index is 13.2. The molecule has 0 spiro atoms. The number of nitrogens with zero attached hydrogens (tertiary/aromatic N) is 2. The second-order valence-electron chi connectivity index (χ2n) is 7.14. The Morgan fingerprint density at radius 1 is 0.733 bits per heavy atom. The Morgan fingerprint density at radius 3 is 1.87 bits per heavy atom. The van der Waals surface area contributed by atoms with Crippen LogP contribution >= 0.6 is 0 Å². The van der Waals surface area contributed by atoms with E-state index in [4.69, 9.17) is 0 Å². The number of aromatic nitrogens is 1. The van der Waals surface area contributed by atoms with Crippen LogP contribution in [0.4, 0.5) is 4.39 Å². The lowest BCUT2D eigenvalue weighted by molar-refractivity contribution is 0.627. The van der Waals surface area contributed by atoms with Crippen LogP contribution in [-0.4, -0.2) is 4.57 Å². The van der Waals surface area contributed by atoms with Gasteiger partial charge in [-0.05, 0) is 53.6 Å². The van der Waals surface area contributed by atoms with Crippen molar-refractivity contribution in [2.24, 2.45) is 0 Å². The number of para-hydroxylation sites is 2. The van der Waals surface area contributed by atoms with E-state index in [0.717, 1.165) is 22.3 Å². The van der Waals surface area contributed by atoms with Crippen molar-refractivity contribution in [3.8, 4) is 11.8 Å². The third-order valence-corrected chi connectivity index (χ3v) is 5.32. The lowest BCUT2D eigenvalue weighted by Crippen LogP contribution is -1.93. The van der Waals surface area contributed by atoms with Crippen molar-refractivity contribution in [2.45, 2.75) is 0 Å². The van der Waals surface area contributed by atoms with Crippen molar-refractivity contribution < 1.29 is 4.39 Å². The fourth-order valence-corrected chi connectivity index (χ4v) is 3.90. The first-order chi connectivity index (χ1) is 14.7. The Balaban J connectivity index is 1.59. The van der Waals surface area contributed by atoms with Crippen molar-refractivity contribution in [3.05, 3.63) is 114 Å². The molecule has 4 aromatic carbocycles. The molecule has 0 fully saturated rings. The molecule has 0 bridgehead atoms. The Labute approximate surface area is 173 Å². The van der Waals surface area contributed by atoms with Crippen molar-refractivity contribution in [3.63, 3.8) is 0 Å². The van der Waals surface area contributed by atoms with Gasteiger partial charge in [0.2, 0.25) is 0 Å². The summed E-state index contributed by atoms with van der Waals surface area (Å²) in [6.45, 7) is 0. The van der Waals surface area contributed by atoms with Gasteiger partial charge >= 0.3 is 0 Å². The van der Waals surface area contributed by atoms with Crippen LogP contribution in [0, 0.1) is 17.1 Å². The third-order valence-electron chi connectivity index (χ3n) is 5.32. The molecule has 0 N–H and O–H groups in total. The number of allylic oxidation sites excluding steroid dienone is 1. The first-order valence-corrected chi connectivity index (χ1v) is 9.71. The average molecular weight is 388 g/mol. The average Bonchev–Trinajstić information content (AvgIpc) is 3.13. The van der Waals surface area contributed by atoms with E-state index in [1.165, 1.54) is 22.9 Å². The van der Waals surface area contributed by atoms with Crippen molar-refractivity contribution in [1.29, 1.82) is 5.26 Å². The van der Waals surface area contributed by atoms with Crippen LogP contribution in [0.3, 0.4) is 0 Å². The molecule has 0 aliphatic carbocycles. The highest BCUT2D eigenvalue weighted by atomic mass is 19.1. The van der Waals surface area contributed by atoms with E-state index in [2.05, 4.69) is 71.3 Å². The minimum absolute atomic E-state index is 0.313. The number of rotatable bonds is 3. The normalized spacial score (nSPS) is 11.7. The van der Waals surface area contributed by atoms with E-state index in [1.807, 2.05) is 18.2 Å². The Kier molecular flexibility index (Phi) is 4.38. The summed E-state index contributed by atoms with van der Waals surface area (Å²) < 4.78 is 15.4. The number of benzene rings is 4. The zero-order chi connectivity index (χ0) is 20.5. The van der Waals surface area contributed by atoms with Crippen LogP contribution in [0.5, 0.6) is 0 Å². The van der Waals surface area contributed by atoms with Gasteiger partial charge in [0, 0.05) is 16.5 Å². The molecule has 1 heterocycles. The fraction of sp³-hybridized carbons (Fsp3) is 0. The summed E-state index contributed by atoms with van der Waals surface area (Å²) >= 11 is 0. The molecule has 0 radical (unpaired) electrons. The number of halogens is 1. The molecular formula is C27H17FN2. The SMILES string of the molecule is N#C/C(=C\c1ccc(-n2c3ccccc3c3ccccc32)cc1)c1ccc(F)cc1. The summed E-state index contributed by atoms with van der Waals surface area (Å²) in [5.41, 5.74) is 5.49. The highest BCUT2D eigenvalue weighted by molar-refractivity contribution is 6.09. The first-order valence-electron chi connectivity index (χ1n) is 9.71. The largest absolute Gasteiger partial charge is 0.309 e. The lowest BCUT2D eigenvalue weighted by atomic mass is 10.0.